The summed E-state index contributed by atoms with van der Waals surface area (Å²) in [4.78, 5) is 11.0. The summed E-state index contributed by atoms with van der Waals surface area (Å²) in [5, 5.41) is 2.59. The summed E-state index contributed by atoms with van der Waals surface area (Å²) in [6.07, 6.45) is 0. The first-order chi connectivity index (χ1) is 6.25. The Kier molecular flexibility index (Phi) is 2.87. The van der Waals surface area contributed by atoms with Crippen LogP contribution >= 0.6 is 0 Å². The summed E-state index contributed by atoms with van der Waals surface area (Å²) in [5.74, 6) is -0.232. The van der Waals surface area contributed by atoms with Gasteiger partial charge in [-0.15, -0.1) is 0 Å². The number of nitrogens with zero attached hydrogens (tertiary/aromatic N) is 1. The van der Waals surface area contributed by atoms with Gasteiger partial charge in [0.15, 0.2) is 0 Å². The first kappa shape index (κ1) is 11.5. The van der Waals surface area contributed by atoms with Crippen molar-refractivity contribution < 1.29 is 13.2 Å². The van der Waals surface area contributed by atoms with Gasteiger partial charge >= 0.3 is 0 Å². The maximum Gasteiger partial charge on any atom is 0.235 e. The van der Waals surface area contributed by atoms with E-state index < -0.39 is 14.8 Å². The molecule has 1 aliphatic rings. The van der Waals surface area contributed by atoms with Crippen LogP contribution in [0.1, 0.15) is 20.8 Å². The fourth-order valence-corrected chi connectivity index (χ4v) is 2.60. The van der Waals surface area contributed by atoms with E-state index in [1.165, 1.54) is 4.31 Å². The minimum atomic E-state index is -3.36. The summed E-state index contributed by atoms with van der Waals surface area (Å²) in [6.45, 7) is 5.61. The third-order valence-corrected chi connectivity index (χ3v) is 4.66. The number of piperazine rings is 1. The van der Waals surface area contributed by atoms with E-state index in [1.54, 1.807) is 20.8 Å². The number of hydrogen-bond acceptors (Lipinski definition) is 3. The number of carbonyl (C=O) groups is 1. The van der Waals surface area contributed by atoms with Gasteiger partial charge in [0.25, 0.3) is 0 Å². The Hall–Kier alpha value is -0.620. The number of rotatable bonds is 1. The van der Waals surface area contributed by atoms with Crippen molar-refractivity contribution in [3.05, 3.63) is 0 Å². The Bertz CT molecular complexity index is 329. The quantitative estimate of drug-likeness (QED) is 0.650. The lowest BCUT2D eigenvalue weighted by atomic mass is 10.3. The molecule has 1 heterocycles. The van der Waals surface area contributed by atoms with Crippen LogP contribution in [-0.4, -0.2) is 43.0 Å². The van der Waals surface area contributed by atoms with E-state index in [9.17, 15) is 13.2 Å². The standard InChI is InChI=1S/C8H16N2O3S/c1-8(2,3)14(12,13)10-5-4-9-7(11)6-10/h4-6H2,1-3H3,(H,9,11). The van der Waals surface area contributed by atoms with Gasteiger partial charge in [0.05, 0.1) is 11.3 Å². The molecule has 0 aromatic heterocycles. The lowest BCUT2D eigenvalue weighted by Crippen LogP contribution is -2.53. The van der Waals surface area contributed by atoms with Crippen molar-refractivity contribution in [3.63, 3.8) is 0 Å². The molecule has 0 saturated carbocycles. The molecule has 0 spiro atoms. The molecule has 1 amide bonds. The third-order valence-electron chi connectivity index (χ3n) is 2.12. The van der Waals surface area contributed by atoms with Gasteiger partial charge in [-0.25, -0.2) is 8.42 Å². The van der Waals surface area contributed by atoms with E-state index in [1.807, 2.05) is 0 Å². The highest BCUT2D eigenvalue weighted by atomic mass is 32.2. The smallest absolute Gasteiger partial charge is 0.235 e. The second-order valence-corrected chi connectivity index (χ2v) is 6.99. The van der Waals surface area contributed by atoms with Gasteiger partial charge in [-0.3, -0.25) is 4.79 Å². The SMILES string of the molecule is CC(C)(C)S(=O)(=O)N1CCNC(=O)C1. The molecule has 1 N–H and O–H groups in total. The predicted octanol–water partition coefficient (Wildman–Crippen LogP) is -0.453. The first-order valence-corrected chi connectivity index (χ1v) is 5.95. The molecule has 0 bridgehead atoms. The molecular formula is C8H16N2O3S. The summed E-state index contributed by atoms with van der Waals surface area (Å²) in [6, 6.07) is 0. The minimum Gasteiger partial charge on any atom is -0.354 e. The van der Waals surface area contributed by atoms with Gasteiger partial charge in [0, 0.05) is 13.1 Å². The maximum absolute atomic E-state index is 11.9. The summed E-state index contributed by atoms with van der Waals surface area (Å²) >= 11 is 0. The Morgan fingerprint density at radius 2 is 1.93 bits per heavy atom. The van der Waals surface area contributed by atoms with Crippen molar-refractivity contribution in [2.45, 2.75) is 25.5 Å². The van der Waals surface area contributed by atoms with Crippen LogP contribution in [0.4, 0.5) is 0 Å². The molecule has 0 radical (unpaired) electrons. The monoisotopic (exact) mass is 220 g/mol. The van der Waals surface area contributed by atoms with Gasteiger partial charge in [0.1, 0.15) is 0 Å². The second-order valence-electron chi connectivity index (χ2n) is 4.30. The molecule has 1 rings (SSSR count). The number of nitrogens with one attached hydrogen (secondary N) is 1. The molecular weight excluding hydrogens is 204 g/mol. The lowest BCUT2D eigenvalue weighted by Gasteiger charge is -2.31. The Labute approximate surface area is 84.5 Å². The highest BCUT2D eigenvalue weighted by Gasteiger charge is 2.37. The zero-order valence-corrected chi connectivity index (χ0v) is 9.52. The van der Waals surface area contributed by atoms with Crippen molar-refractivity contribution in [3.8, 4) is 0 Å². The molecule has 1 saturated heterocycles. The Morgan fingerprint density at radius 1 is 1.36 bits per heavy atom. The predicted molar refractivity (Wildman–Crippen MR) is 53.3 cm³/mol. The van der Waals surface area contributed by atoms with Crippen molar-refractivity contribution in [2.24, 2.45) is 0 Å². The zero-order chi connectivity index (χ0) is 11.0. The molecule has 5 nitrogen and oxygen atoms in total. The molecule has 0 aromatic rings. The van der Waals surface area contributed by atoms with Gasteiger partial charge in [-0.05, 0) is 20.8 Å². The molecule has 0 aliphatic carbocycles. The minimum absolute atomic E-state index is 0.0559. The van der Waals surface area contributed by atoms with E-state index >= 15 is 0 Å². The van der Waals surface area contributed by atoms with Crippen LogP contribution in [0, 0.1) is 0 Å². The molecule has 0 aromatic carbocycles. The maximum atomic E-state index is 11.9. The number of hydrogen-bond donors (Lipinski definition) is 1. The first-order valence-electron chi connectivity index (χ1n) is 4.51. The Balaban J connectivity index is 2.88. The molecule has 1 aliphatic heterocycles. The fraction of sp³-hybridized carbons (Fsp3) is 0.875. The van der Waals surface area contributed by atoms with Gasteiger partial charge in [-0.2, -0.15) is 4.31 Å². The molecule has 6 heteroatoms. The van der Waals surface area contributed by atoms with Crippen LogP contribution in [-0.2, 0) is 14.8 Å². The number of carbonyl (C=O) groups excluding carboxylic acids is 1. The zero-order valence-electron chi connectivity index (χ0n) is 8.70. The lowest BCUT2D eigenvalue weighted by molar-refractivity contribution is -0.122. The number of sulfonamides is 1. The number of amides is 1. The van der Waals surface area contributed by atoms with Crippen LogP contribution in [0.15, 0.2) is 0 Å². The molecule has 82 valence electrons. The van der Waals surface area contributed by atoms with E-state index in [-0.39, 0.29) is 12.5 Å². The average molecular weight is 220 g/mol. The van der Waals surface area contributed by atoms with E-state index in [0.717, 1.165) is 0 Å². The van der Waals surface area contributed by atoms with Crippen LogP contribution in [0.25, 0.3) is 0 Å². The van der Waals surface area contributed by atoms with Gasteiger partial charge in [-0.1, -0.05) is 0 Å². The highest BCUT2D eigenvalue weighted by molar-refractivity contribution is 7.90. The average Bonchev–Trinajstić information content (AvgIpc) is 2.02. The topological polar surface area (TPSA) is 66.5 Å². The fourth-order valence-electron chi connectivity index (χ4n) is 1.21. The molecule has 0 unspecified atom stereocenters. The van der Waals surface area contributed by atoms with Crippen LogP contribution in [0.3, 0.4) is 0 Å². The van der Waals surface area contributed by atoms with Crippen molar-refractivity contribution in [1.82, 2.24) is 9.62 Å². The van der Waals surface area contributed by atoms with Crippen molar-refractivity contribution in [2.75, 3.05) is 19.6 Å². The van der Waals surface area contributed by atoms with Crippen LogP contribution in [0.5, 0.6) is 0 Å². The normalized spacial score (nSPS) is 20.6. The van der Waals surface area contributed by atoms with Gasteiger partial charge in [0.2, 0.25) is 15.9 Å². The second kappa shape index (κ2) is 3.51. The summed E-state index contributed by atoms with van der Waals surface area (Å²) in [5.41, 5.74) is 0. The molecule has 0 atom stereocenters. The van der Waals surface area contributed by atoms with Crippen LogP contribution in [0.2, 0.25) is 0 Å². The highest BCUT2D eigenvalue weighted by Crippen LogP contribution is 2.20. The summed E-state index contributed by atoms with van der Waals surface area (Å²) in [7, 11) is -3.36. The van der Waals surface area contributed by atoms with E-state index in [0.29, 0.717) is 13.1 Å². The molecule has 1 fully saturated rings. The van der Waals surface area contributed by atoms with Crippen molar-refractivity contribution in [1.29, 1.82) is 0 Å². The van der Waals surface area contributed by atoms with E-state index in [2.05, 4.69) is 5.32 Å². The van der Waals surface area contributed by atoms with E-state index in [4.69, 9.17) is 0 Å². The van der Waals surface area contributed by atoms with Gasteiger partial charge < -0.3 is 5.32 Å². The largest absolute Gasteiger partial charge is 0.354 e. The third kappa shape index (κ3) is 2.06. The van der Waals surface area contributed by atoms with Crippen LogP contribution < -0.4 is 5.32 Å². The summed E-state index contributed by atoms with van der Waals surface area (Å²) < 4.78 is 24.2. The van der Waals surface area contributed by atoms with Crippen molar-refractivity contribution >= 4 is 15.9 Å². The molecule has 14 heavy (non-hydrogen) atoms. The Morgan fingerprint density at radius 3 is 2.36 bits per heavy atom.